The van der Waals surface area contributed by atoms with Crippen molar-refractivity contribution in [1.29, 1.82) is 0 Å². The van der Waals surface area contributed by atoms with Gasteiger partial charge in [-0.2, -0.15) is 0 Å². The molecule has 0 aliphatic carbocycles. The Kier molecular flexibility index (Phi) is 7.59. The van der Waals surface area contributed by atoms with E-state index in [0.29, 0.717) is 25.1 Å². The third-order valence-electron chi connectivity index (χ3n) is 6.45. The minimum absolute atomic E-state index is 0.160. The number of nitrogens with zero attached hydrogens (tertiary/aromatic N) is 1. The number of carbonyl (C=O) groups is 3. The number of hydrogen-bond donors (Lipinski definition) is 4. The molecule has 37 heavy (non-hydrogen) atoms. The lowest BCUT2D eigenvalue weighted by Crippen LogP contribution is -2.56. The fraction of sp³-hybridized carbons (Fsp3) is 0.276. The third-order valence-corrected chi connectivity index (χ3v) is 6.45. The second-order valence-electron chi connectivity index (χ2n) is 9.79. The lowest BCUT2D eigenvalue weighted by molar-refractivity contribution is -0.130. The lowest BCUT2D eigenvalue weighted by Gasteiger charge is -2.28. The second kappa shape index (κ2) is 10.8. The number of rotatable bonds is 6. The predicted octanol–water partition coefficient (Wildman–Crippen LogP) is 3.81. The summed E-state index contributed by atoms with van der Waals surface area (Å²) in [5.74, 6) is -0.517. The SMILES string of the molecule is CNC(=O)Nc1ccccc1-c1ccc(CN2C(=O)[C@H](NC(=O)C(C)(C)N)CCc3ccccc32)cc1. The number of amides is 4. The Labute approximate surface area is 217 Å². The molecule has 192 valence electrons. The molecule has 3 aromatic rings. The van der Waals surface area contributed by atoms with Gasteiger partial charge in [0, 0.05) is 18.3 Å². The average Bonchev–Trinajstić information content (AvgIpc) is 3.01. The van der Waals surface area contributed by atoms with E-state index >= 15 is 0 Å². The van der Waals surface area contributed by atoms with Crippen LogP contribution < -0.4 is 26.6 Å². The Morgan fingerprint density at radius 2 is 1.68 bits per heavy atom. The Bertz CT molecular complexity index is 1300. The van der Waals surface area contributed by atoms with Crippen molar-refractivity contribution in [2.45, 2.75) is 44.8 Å². The van der Waals surface area contributed by atoms with Crippen LogP contribution in [-0.4, -0.2) is 36.5 Å². The Hall–Kier alpha value is -4.17. The van der Waals surface area contributed by atoms with Crippen molar-refractivity contribution in [3.8, 4) is 11.1 Å². The van der Waals surface area contributed by atoms with Crippen molar-refractivity contribution in [1.82, 2.24) is 10.6 Å². The van der Waals surface area contributed by atoms with Crippen LogP contribution in [0.5, 0.6) is 0 Å². The molecule has 0 unspecified atom stereocenters. The molecule has 8 nitrogen and oxygen atoms in total. The lowest BCUT2D eigenvalue weighted by atomic mass is 10.0. The number of carbonyl (C=O) groups excluding carboxylic acids is 3. The van der Waals surface area contributed by atoms with Crippen LogP contribution in [0, 0.1) is 0 Å². The first-order valence-electron chi connectivity index (χ1n) is 12.3. The molecule has 0 bridgehead atoms. The van der Waals surface area contributed by atoms with Crippen molar-refractivity contribution < 1.29 is 14.4 Å². The summed E-state index contributed by atoms with van der Waals surface area (Å²) in [6.07, 6.45) is 1.17. The van der Waals surface area contributed by atoms with Crippen molar-refractivity contribution >= 4 is 29.2 Å². The number of para-hydroxylation sites is 2. The summed E-state index contributed by atoms with van der Waals surface area (Å²) < 4.78 is 0. The summed E-state index contributed by atoms with van der Waals surface area (Å²) >= 11 is 0. The highest BCUT2D eigenvalue weighted by atomic mass is 16.2. The van der Waals surface area contributed by atoms with Crippen molar-refractivity contribution in [3.05, 3.63) is 83.9 Å². The van der Waals surface area contributed by atoms with E-state index in [1.165, 1.54) is 0 Å². The number of fused-ring (bicyclic) bond motifs is 1. The number of nitrogens with two attached hydrogens (primary N) is 1. The molecule has 0 aromatic heterocycles. The number of benzene rings is 3. The summed E-state index contributed by atoms with van der Waals surface area (Å²) in [6.45, 7) is 3.60. The van der Waals surface area contributed by atoms with Crippen LogP contribution in [0.3, 0.4) is 0 Å². The van der Waals surface area contributed by atoms with Crippen LogP contribution in [0.1, 0.15) is 31.4 Å². The highest BCUT2D eigenvalue weighted by Gasteiger charge is 2.34. The van der Waals surface area contributed by atoms with E-state index < -0.39 is 11.6 Å². The zero-order valence-corrected chi connectivity index (χ0v) is 21.4. The molecule has 0 fully saturated rings. The molecule has 3 aromatic carbocycles. The van der Waals surface area contributed by atoms with Crippen molar-refractivity contribution in [2.75, 3.05) is 17.3 Å². The van der Waals surface area contributed by atoms with Crippen LogP contribution in [0.4, 0.5) is 16.2 Å². The fourth-order valence-electron chi connectivity index (χ4n) is 4.36. The molecule has 0 radical (unpaired) electrons. The molecule has 0 saturated heterocycles. The first kappa shape index (κ1) is 25.9. The quantitative estimate of drug-likeness (QED) is 0.413. The van der Waals surface area contributed by atoms with Crippen molar-refractivity contribution in [2.24, 2.45) is 5.73 Å². The van der Waals surface area contributed by atoms with Gasteiger partial charge in [0.25, 0.3) is 0 Å². The molecule has 1 heterocycles. The molecule has 4 amide bonds. The molecule has 8 heteroatoms. The highest BCUT2D eigenvalue weighted by molar-refractivity contribution is 6.01. The minimum atomic E-state index is -1.08. The van der Waals surface area contributed by atoms with E-state index in [1.807, 2.05) is 72.8 Å². The Balaban J connectivity index is 1.60. The smallest absolute Gasteiger partial charge is 0.318 e. The molecule has 1 atom stereocenters. The van der Waals surface area contributed by atoms with E-state index in [9.17, 15) is 14.4 Å². The van der Waals surface area contributed by atoms with Gasteiger partial charge in [-0.05, 0) is 55.5 Å². The molecular formula is C29H33N5O3. The van der Waals surface area contributed by atoms with E-state index in [4.69, 9.17) is 5.73 Å². The fourth-order valence-corrected chi connectivity index (χ4v) is 4.36. The maximum Gasteiger partial charge on any atom is 0.318 e. The monoisotopic (exact) mass is 499 g/mol. The molecule has 0 saturated carbocycles. The maximum absolute atomic E-state index is 13.7. The van der Waals surface area contributed by atoms with E-state index in [-0.39, 0.29) is 17.8 Å². The first-order chi connectivity index (χ1) is 17.7. The van der Waals surface area contributed by atoms with Gasteiger partial charge in [-0.1, -0.05) is 60.7 Å². The standard InChI is InChI=1S/C29H33N5O3/c1-29(2,30)27(36)32-24-17-16-21-8-4-7-11-25(21)34(26(24)35)18-19-12-14-20(15-13-19)22-9-5-6-10-23(22)33-28(37)31-3/h4-15,24H,16-18,30H2,1-3H3,(H,32,36)(H2,31,33,37)/t24-/m1/s1. The van der Waals surface area contributed by atoms with Gasteiger partial charge in [-0.25, -0.2) is 4.79 Å². The van der Waals surface area contributed by atoms with Gasteiger partial charge in [-0.15, -0.1) is 0 Å². The van der Waals surface area contributed by atoms with E-state index in [0.717, 1.165) is 27.9 Å². The number of nitrogens with one attached hydrogen (secondary N) is 3. The summed E-state index contributed by atoms with van der Waals surface area (Å²) in [4.78, 5) is 39.8. The van der Waals surface area contributed by atoms with E-state index in [2.05, 4.69) is 16.0 Å². The van der Waals surface area contributed by atoms with Crippen LogP contribution >= 0.6 is 0 Å². The Morgan fingerprint density at radius 3 is 2.38 bits per heavy atom. The first-order valence-corrected chi connectivity index (χ1v) is 12.3. The topological polar surface area (TPSA) is 117 Å². The number of anilines is 2. The van der Waals surface area contributed by atoms with Crippen LogP contribution in [0.25, 0.3) is 11.1 Å². The van der Waals surface area contributed by atoms with Crippen LogP contribution in [0.15, 0.2) is 72.8 Å². The van der Waals surface area contributed by atoms with Gasteiger partial charge < -0.3 is 26.6 Å². The van der Waals surface area contributed by atoms with Gasteiger partial charge in [0.2, 0.25) is 11.8 Å². The van der Waals surface area contributed by atoms with Crippen LogP contribution in [0.2, 0.25) is 0 Å². The zero-order valence-electron chi connectivity index (χ0n) is 21.4. The number of aryl methyl sites for hydroxylation is 1. The molecule has 5 N–H and O–H groups in total. The average molecular weight is 500 g/mol. The number of hydrogen-bond acceptors (Lipinski definition) is 4. The highest BCUT2D eigenvalue weighted by Crippen LogP contribution is 2.31. The van der Waals surface area contributed by atoms with Gasteiger partial charge >= 0.3 is 6.03 Å². The largest absolute Gasteiger partial charge is 0.343 e. The summed E-state index contributed by atoms with van der Waals surface area (Å²) in [5.41, 5.74) is 10.3. The molecule has 4 rings (SSSR count). The molecule has 1 aliphatic rings. The molecule has 1 aliphatic heterocycles. The predicted molar refractivity (Wildman–Crippen MR) is 146 cm³/mol. The molecule has 0 spiro atoms. The minimum Gasteiger partial charge on any atom is -0.343 e. The van der Waals surface area contributed by atoms with Gasteiger partial charge in [0.05, 0.1) is 17.8 Å². The van der Waals surface area contributed by atoms with Gasteiger partial charge in [0.1, 0.15) is 6.04 Å². The summed E-state index contributed by atoms with van der Waals surface area (Å²) in [6, 6.07) is 22.4. The van der Waals surface area contributed by atoms with E-state index in [1.54, 1.807) is 25.8 Å². The van der Waals surface area contributed by atoms with Gasteiger partial charge in [-0.3, -0.25) is 9.59 Å². The van der Waals surface area contributed by atoms with Crippen LogP contribution in [-0.2, 0) is 22.6 Å². The second-order valence-corrected chi connectivity index (χ2v) is 9.79. The normalized spacial score (nSPS) is 15.4. The van der Waals surface area contributed by atoms with Crippen molar-refractivity contribution in [3.63, 3.8) is 0 Å². The summed E-state index contributed by atoms with van der Waals surface area (Å²) in [5, 5.41) is 8.28. The summed E-state index contributed by atoms with van der Waals surface area (Å²) in [7, 11) is 1.57. The van der Waals surface area contributed by atoms with Gasteiger partial charge in [0.15, 0.2) is 0 Å². The molecular weight excluding hydrogens is 466 g/mol. The zero-order chi connectivity index (χ0) is 26.6. The maximum atomic E-state index is 13.7. The third kappa shape index (κ3) is 5.98. The Morgan fingerprint density at radius 1 is 1.00 bits per heavy atom. The number of urea groups is 1.